The van der Waals surface area contributed by atoms with E-state index in [1.807, 2.05) is 0 Å². The smallest absolute Gasteiger partial charge is 0.462 e. The molecule has 0 spiro atoms. The molecule has 98 heavy (non-hydrogen) atoms. The van der Waals surface area contributed by atoms with Gasteiger partial charge in [-0.25, -0.2) is 9.13 Å². The van der Waals surface area contributed by atoms with Crippen molar-refractivity contribution in [2.24, 2.45) is 23.7 Å². The maximum Gasteiger partial charge on any atom is 0.472 e. The number of hydrogen-bond acceptors (Lipinski definition) is 15. The molecule has 0 saturated heterocycles. The van der Waals surface area contributed by atoms with E-state index in [0.29, 0.717) is 25.7 Å². The van der Waals surface area contributed by atoms with Gasteiger partial charge in [0.1, 0.15) is 19.3 Å². The van der Waals surface area contributed by atoms with Gasteiger partial charge in [-0.1, -0.05) is 351 Å². The topological polar surface area (TPSA) is 237 Å². The molecule has 0 radical (unpaired) electrons. The first-order valence-corrected chi connectivity index (χ1v) is 43.7. The van der Waals surface area contributed by atoms with Crippen LogP contribution in [-0.4, -0.2) is 96.7 Å². The Morgan fingerprint density at radius 1 is 0.286 bits per heavy atom. The quantitative estimate of drug-likeness (QED) is 0.0222. The Morgan fingerprint density at radius 3 is 0.724 bits per heavy atom. The molecule has 6 atom stereocenters. The fourth-order valence-corrected chi connectivity index (χ4v) is 13.6. The summed E-state index contributed by atoms with van der Waals surface area (Å²) in [5.41, 5.74) is 0. The van der Waals surface area contributed by atoms with Crippen LogP contribution in [0.1, 0.15) is 402 Å². The van der Waals surface area contributed by atoms with E-state index in [-0.39, 0.29) is 25.7 Å². The number of phosphoric ester groups is 2. The number of phosphoric acid groups is 2. The maximum atomic E-state index is 13.1. The van der Waals surface area contributed by atoms with Gasteiger partial charge in [-0.15, -0.1) is 0 Å². The normalized spacial score (nSPS) is 14.3. The van der Waals surface area contributed by atoms with Crippen molar-refractivity contribution in [2.45, 2.75) is 420 Å². The zero-order chi connectivity index (χ0) is 72.4. The van der Waals surface area contributed by atoms with Crippen molar-refractivity contribution in [3.63, 3.8) is 0 Å². The van der Waals surface area contributed by atoms with Crippen LogP contribution in [0.25, 0.3) is 0 Å². The van der Waals surface area contributed by atoms with Crippen LogP contribution in [-0.2, 0) is 65.4 Å². The molecule has 3 unspecified atom stereocenters. The van der Waals surface area contributed by atoms with Gasteiger partial charge in [-0.3, -0.25) is 37.3 Å². The Balaban J connectivity index is 5.24. The number of aliphatic hydroxyl groups is 1. The summed E-state index contributed by atoms with van der Waals surface area (Å²) in [7, 11) is -9.92. The van der Waals surface area contributed by atoms with Gasteiger partial charge < -0.3 is 33.8 Å². The van der Waals surface area contributed by atoms with Crippen molar-refractivity contribution >= 4 is 39.5 Å². The highest BCUT2D eigenvalue weighted by molar-refractivity contribution is 7.47. The SMILES string of the molecule is CCC(C)CCCCCCCCC(=O)OC[C@H](COP(=O)(O)OC[C@H](O)COP(=O)(O)OC[C@@H](COC(=O)CCCCCCCCCCCCCCCCCC(C)C)OC(=O)CCCCCCCCCCCCCC(C)C)OC(=O)CCCCCCCCCCCCCCCC(C)C. The Bertz CT molecular complexity index is 1920. The van der Waals surface area contributed by atoms with Gasteiger partial charge in [0.15, 0.2) is 12.2 Å². The number of unbranched alkanes of at least 4 members (excludes halogenated alkanes) is 41. The van der Waals surface area contributed by atoms with Crippen LogP contribution in [0.2, 0.25) is 0 Å². The molecule has 0 aromatic heterocycles. The Labute approximate surface area is 600 Å². The predicted molar refractivity (Wildman–Crippen MR) is 400 cm³/mol. The van der Waals surface area contributed by atoms with Crippen LogP contribution in [0.15, 0.2) is 0 Å². The van der Waals surface area contributed by atoms with Gasteiger partial charge in [-0.05, 0) is 49.4 Å². The Morgan fingerprint density at radius 2 is 0.490 bits per heavy atom. The lowest BCUT2D eigenvalue weighted by molar-refractivity contribution is -0.161. The molecule has 0 aromatic rings. The third-order valence-electron chi connectivity index (χ3n) is 18.7. The van der Waals surface area contributed by atoms with E-state index in [2.05, 4.69) is 55.4 Å². The van der Waals surface area contributed by atoms with Crippen LogP contribution < -0.4 is 0 Å². The van der Waals surface area contributed by atoms with Crippen LogP contribution in [0.3, 0.4) is 0 Å². The molecule has 0 amide bonds. The summed E-state index contributed by atoms with van der Waals surface area (Å²) < 4.78 is 68.6. The first-order valence-electron chi connectivity index (χ1n) is 40.7. The minimum absolute atomic E-state index is 0.106. The van der Waals surface area contributed by atoms with E-state index in [1.165, 1.54) is 199 Å². The van der Waals surface area contributed by atoms with Gasteiger partial charge in [0.2, 0.25) is 0 Å². The summed E-state index contributed by atoms with van der Waals surface area (Å²) in [6.07, 6.45) is 54.1. The monoisotopic (exact) mass is 1440 g/mol. The van der Waals surface area contributed by atoms with E-state index in [9.17, 15) is 43.2 Å². The highest BCUT2D eigenvalue weighted by atomic mass is 31.2. The lowest BCUT2D eigenvalue weighted by Crippen LogP contribution is -2.30. The van der Waals surface area contributed by atoms with Crippen molar-refractivity contribution in [1.82, 2.24) is 0 Å². The second kappa shape index (κ2) is 68.2. The molecule has 0 fully saturated rings. The summed E-state index contributed by atoms with van der Waals surface area (Å²) in [6, 6.07) is 0. The standard InChI is InChI=1S/C79H154O17P2/c1-9-72(8)58-50-42-37-38-44-52-60-77(82)90-66-75(96-78(83)61-53-45-35-29-23-17-13-15-20-26-32-40-48-56-70(4)5)68-94-98(87,88)92-64-73(80)63-91-97(85,86)93-67-74(95-79(84)62-54-46-36-30-24-18-21-27-33-41-49-57-71(6)7)65-89-76(81)59-51-43-34-28-22-16-12-10-11-14-19-25-31-39-47-55-69(2)3/h69-75,80H,9-68H2,1-8H3,(H,85,86)(H,87,88)/t72?,73-,74-,75-/m1/s1. The maximum absolute atomic E-state index is 13.1. The molecule has 0 rings (SSSR count). The van der Waals surface area contributed by atoms with E-state index < -0.39 is 97.5 Å². The molecule has 0 aliphatic heterocycles. The van der Waals surface area contributed by atoms with E-state index in [0.717, 1.165) is 120 Å². The van der Waals surface area contributed by atoms with Gasteiger partial charge in [0, 0.05) is 25.7 Å². The second-order valence-corrected chi connectivity index (χ2v) is 33.0. The van der Waals surface area contributed by atoms with Crippen LogP contribution in [0.4, 0.5) is 0 Å². The molecule has 0 aromatic carbocycles. The number of ether oxygens (including phenoxy) is 4. The van der Waals surface area contributed by atoms with Crippen molar-refractivity contribution < 1.29 is 80.2 Å². The van der Waals surface area contributed by atoms with Crippen molar-refractivity contribution in [1.29, 1.82) is 0 Å². The summed E-state index contributed by atoms with van der Waals surface area (Å²) in [5.74, 6) is 0.972. The van der Waals surface area contributed by atoms with E-state index >= 15 is 0 Å². The molecule has 19 heteroatoms. The van der Waals surface area contributed by atoms with Crippen LogP contribution in [0.5, 0.6) is 0 Å². The molecule has 582 valence electrons. The lowest BCUT2D eigenvalue weighted by Gasteiger charge is -2.21. The molecule has 0 bridgehead atoms. The second-order valence-electron chi connectivity index (χ2n) is 30.1. The molecule has 0 saturated carbocycles. The zero-order valence-corrected chi connectivity index (χ0v) is 66.2. The van der Waals surface area contributed by atoms with Gasteiger partial charge >= 0.3 is 39.5 Å². The van der Waals surface area contributed by atoms with Crippen molar-refractivity contribution in [2.75, 3.05) is 39.6 Å². The van der Waals surface area contributed by atoms with Crippen molar-refractivity contribution in [3.05, 3.63) is 0 Å². The number of rotatable bonds is 76. The molecule has 3 N–H and O–H groups in total. The fraction of sp³-hybridized carbons (Fsp3) is 0.949. The predicted octanol–water partition coefficient (Wildman–Crippen LogP) is 23.2. The van der Waals surface area contributed by atoms with Gasteiger partial charge in [0.25, 0.3) is 0 Å². The number of esters is 4. The Hall–Kier alpha value is -1.94. The van der Waals surface area contributed by atoms with Crippen LogP contribution >= 0.6 is 15.6 Å². The lowest BCUT2D eigenvalue weighted by atomic mass is 10.00. The number of carbonyl (C=O) groups excluding carboxylic acids is 4. The van der Waals surface area contributed by atoms with E-state index in [1.54, 1.807) is 0 Å². The summed E-state index contributed by atoms with van der Waals surface area (Å²) in [6.45, 7) is 14.2. The molecule has 0 heterocycles. The highest BCUT2D eigenvalue weighted by Gasteiger charge is 2.30. The molecular weight excluding hydrogens is 1280 g/mol. The minimum atomic E-state index is -4.96. The van der Waals surface area contributed by atoms with Crippen molar-refractivity contribution in [3.8, 4) is 0 Å². The third kappa shape index (κ3) is 71.1. The first kappa shape index (κ1) is 96.1. The Kier molecular flexibility index (Phi) is 66.8. The van der Waals surface area contributed by atoms with E-state index in [4.69, 9.17) is 37.0 Å². The zero-order valence-electron chi connectivity index (χ0n) is 64.4. The summed E-state index contributed by atoms with van der Waals surface area (Å²) >= 11 is 0. The third-order valence-corrected chi connectivity index (χ3v) is 20.6. The average Bonchev–Trinajstić information content (AvgIpc) is 1.01. The number of aliphatic hydroxyl groups excluding tert-OH is 1. The van der Waals surface area contributed by atoms with Crippen LogP contribution in [0, 0.1) is 23.7 Å². The van der Waals surface area contributed by atoms with Gasteiger partial charge in [-0.2, -0.15) is 0 Å². The largest absolute Gasteiger partial charge is 0.472 e. The molecule has 0 aliphatic rings. The number of carbonyl (C=O) groups is 4. The summed E-state index contributed by atoms with van der Waals surface area (Å²) in [5, 5.41) is 10.6. The average molecular weight is 1440 g/mol. The molecule has 17 nitrogen and oxygen atoms in total. The first-order chi connectivity index (χ1) is 47.1. The molecular formula is C79H154O17P2. The minimum Gasteiger partial charge on any atom is -0.462 e. The van der Waals surface area contributed by atoms with Gasteiger partial charge in [0.05, 0.1) is 26.4 Å². The molecule has 0 aliphatic carbocycles. The fourth-order valence-electron chi connectivity index (χ4n) is 12.0. The number of hydrogen-bond donors (Lipinski definition) is 3. The highest BCUT2D eigenvalue weighted by Crippen LogP contribution is 2.45. The summed E-state index contributed by atoms with van der Waals surface area (Å²) in [4.78, 5) is 72.9.